The quantitative estimate of drug-likeness (QED) is 0.561. The lowest BCUT2D eigenvalue weighted by Gasteiger charge is -2.29. The first kappa shape index (κ1) is 8.95. The Morgan fingerprint density at radius 2 is 1.92 bits per heavy atom. The van der Waals surface area contributed by atoms with Crippen LogP contribution in [0.25, 0.3) is 0 Å². The normalized spacial score (nSPS) is 45.2. The van der Waals surface area contributed by atoms with Crippen molar-refractivity contribution in [3.8, 4) is 0 Å². The molecule has 2 aliphatic heterocycles. The Morgan fingerprint density at radius 1 is 1.31 bits per heavy atom. The van der Waals surface area contributed by atoms with Crippen LogP contribution in [0.15, 0.2) is 11.6 Å². The fourth-order valence-corrected chi connectivity index (χ4v) is 2.79. The number of fused-ring (bicyclic) bond motifs is 2. The van der Waals surface area contributed by atoms with Gasteiger partial charge in [-0.25, -0.2) is 0 Å². The zero-order valence-electron chi connectivity index (χ0n) is 8.74. The van der Waals surface area contributed by atoms with Crippen LogP contribution in [-0.2, 0) is 4.79 Å². The van der Waals surface area contributed by atoms with Gasteiger partial charge in [0.2, 0.25) is 0 Å². The molecule has 0 aromatic carbocycles. The van der Waals surface area contributed by atoms with E-state index in [-0.39, 0.29) is 6.04 Å². The third-order valence-corrected chi connectivity index (χ3v) is 3.85. The van der Waals surface area contributed by atoms with E-state index in [0.717, 1.165) is 5.57 Å². The van der Waals surface area contributed by atoms with Crippen molar-refractivity contribution >= 4 is 5.78 Å². The third kappa shape index (κ3) is 1.01. The highest BCUT2D eigenvalue weighted by atomic mass is 16.1. The predicted octanol–water partition coefficient (Wildman–Crippen LogP) is 1.47. The molecule has 2 bridgehead atoms. The van der Waals surface area contributed by atoms with E-state index in [2.05, 4.69) is 31.9 Å². The van der Waals surface area contributed by atoms with Gasteiger partial charge in [0, 0.05) is 6.04 Å². The summed E-state index contributed by atoms with van der Waals surface area (Å²) in [5.74, 6) is 1.43. The highest BCUT2D eigenvalue weighted by molar-refractivity contribution is 6.00. The molecular formula is C11H17NO. The minimum absolute atomic E-state index is 0.144. The van der Waals surface area contributed by atoms with E-state index in [1.165, 1.54) is 0 Å². The Morgan fingerprint density at radius 3 is 2.54 bits per heavy atom. The lowest BCUT2D eigenvalue weighted by atomic mass is 9.91. The number of rotatable bonds is 0. The Kier molecular flexibility index (Phi) is 1.84. The van der Waals surface area contributed by atoms with Crippen molar-refractivity contribution in [1.82, 2.24) is 4.90 Å². The van der Waals surface area contributed by atoms with Gasteiger partial charge in [0.05, 0.1) is 6.04 Å². The standard InChI is InChI=1S/C11H17NO/c1-6-5-9-7(2)8(3)10(11(6)13)12(9)4/h5,7-10H,1-4H3/t7?,8-,9?,10?/m1/s1. The van der Waals surface area contributed by atoms with E-state index in [9.17, 15) is 4.79 Å². The summed E-state index contributed by atoms with van der Waals surface area (Å²) in [5.41, 5.74) is 0.962. The van der Waals surface area contributed by atoms with Crippen molar-refractivity contribution < 1.29 is 4.79 Å². The van der Waals surface area contributed by atoms with Crippen LogP contribution < -0.4 is 0 Å². The second-order valence-electron chi connectivity index (χ2n) is 4.53. The molecule has 0 spiro atoms. The maximum Gasteiger partial charge on any atom is 0.175 e. The highest BCUT2D eigenvalue weighted by Crippen LogP contribution is 2.39. The highest BCUT2D eigenvalue weighted by Gasteiger charge is 2.47. The molecule has 2 nitrogen and oxygen atoms in total. The van der Waals surface area contributed by atoms with Crippen molar-refractivity contribution in [3.05, 3.63) is 11.6 Å². The fraction of sp³-hybridized carbons (Fsp3) is 0.727. The van der Waals surface area contributed by atoms with E-state index in [4.69, 9.17) is 0 Å². The van der Waals surface area contributed by atoms with Gasteiger partial charge in [-0.15, -0.1) is 0 Å². The maximum atomic E-state index is 11.8. The molecule has 3 unspecified atom stereocenters. The predicted molar refractivity (Wildman–Crippen MR) is 52.4 cm³/mol. The second kappa shape index (κ2) is 2.68. The van der Waals surface area contributed by atoms with E-state index < -0.39 is 0 Å². The van der Waals surface area contributed by atoms with E-state index in [0.29, 0.717) is 23.7 Å². The largest absolute Gasteiger partial charge is 0.293 e. The van der Waals surface area contributed by atoms with Crippen molar-refractivity contribution in [2.75, 3.05) is 7.05 Å². The van der Waals surface area contributed by atoms with Crippen LogP contribution in [-0.4, -0.2) is 29.8 Å². The average molecular weight is 179 g/mol. The van der Waals surface area contributed by atoms with Crippen molar-refractivity contribution in [2.45, 2.75) is 32.9 Å². The molecule has 1 saturated heterocycles. The van der Waals surface area contributed by atoms with Gasteiger partial charge in [-0.2, -0.15) is 0 Å². The summed E-state index contributed by atoms with van der Waals surface area (Å²) in [6, 6.07) is 0.627. The van der Waals surface area contributed by atoms with E-state index in [1.807, 2.05) is 6.92 Å². The molecule has 0 amide bonds. The molecule has 0 radical (unpaired) electrons. The zero-order chi connectivity index (χ0) is 9.75. The van der Waals surface area contributed by atoms with Crippen molar-refractivity contribution in [1.29, 1.82) is 0 Å². The zero-order valence-corrected chi connectivity index (χ0v) is 8.74. The second-order valence-corrected chi connectivity index (χ2v) is 4.53. The van der Waals surface area contributed by atoms with Gasteiger partial charge in [-0.05, 0) is 31.4 Å². The van der Waals surface area contributed by atoms with E-state index in [1.54, 1.807) is 0 Å². The maximum absolute atomic E-state index is 11.8. The average Bonchev–Trinajstić information content (AvgIpc) is 2.23. The van der Waals surface area contributed by atoms with Crippen LogP contribution in [0.5, 0.6) is 0 Å². The summed E-state index contributed by atoms with van der Waals surface area (Å²) < 4.78 is 0. The molecule has 0 aliphatic carbocycles. The molecule has 0 aromatic heterocycles. The summed E-state index contributed by atoms with van der Waals surface area (Å²) in [6.45, 7) is 6.38. The van der Waals surface area contributed by atoms with Gasteiger partial charge in [0.25, 0.3) is 0 Å². The summed E-state index contributed by atoms with van der Waals surface area (Å²) in [6.07, 6.45) is 2.13. The molecule has 0 N–H and O–H groups in total. The Labute approximate surface area is 79.6 Å². The van der Waals surface area contributed by atoms with Crippen LogP contribution in [0.2, 0.25) is 0 Å². The van der Waals surface area contributed by atoms with Gasteiger partial charge >= 0.3 is 0 Å². The van der Waals surface area contributed by atoms with Gasteiger partial charge in [-0.1, -0.05) is 19.9 Å². The number of hydrogen-bond acceptors (Lipinski definition) is 2. The number of carbonyl (C=O) groups is 1. The van der Waals surface area contributed by atoms with Crippen LogP contribution >= 0.6 is 0 Å². The SMILES string of the molecule is CC1=CC2C(C)[C@@H](C)C(C1=O)N2C. The molecule has 13 heavy (non-hydrogen) atoms. The van der Waals surface area contributed by atoms with Crippen LogP contribution in [0.4, 0.5) is 0 Å². The minimum Gasteiger partial charge on any atom is -0.293 e. The molecule has 72 valence electrons. The monoisotopic (exact) mass is 179 g/mol. The van der Waals surface area contributed by atoms with Crippen LogP contribution in [0.1, 0.15) is 20.8 Å². The van der Waals surface area contributed by atoms with Gasteiger partial charge < -0.3 is 0 Å². The molecule has 2 aliphatic rings. The molecule has 1 fully saturated rings. The number of Topliss-reactive ketones (excluding diaryl/α,β-unsaturated/α-hetero) is 1. The Bertz CT molecular complexity index is 282. The minimum atomic E-state index is 0.144. The number of hydrogen-bond donors (Lipinski definition) is 0. The molecule has 2 rings (SSSR count). The van der Waals surface area contributed by atoms with Gasteiger partial charge in [0.15, 0.2) is 5.78 Å². The lowest BCUT2D eigenvalue weighted by Crippen LogP contribution is -2.43. The Hall–Kier alpha value is -0.630. The van der Waals surface area contributed by atoms with E-state index >= 15 is 0 Å². The number of likely N-dealkylation sites (N-methyl/N-ethyl adjacent to an activating group) is 1. The first-order chi connectivity index (χ1) is 6.04. The molecule has 0 saturated carbocycles. The molecule has 2 heteroatoms. The van der Waals surface area contributed by atoms with Crippen molar-refractivity contribution in [2.24, 2.45) is 11.8 Å². The number of nitrogens with zero attached hydrogens (tertiary/aromatic N) is 1. The summed E-state index contributed by atoms with van der Waals surface area (Å²) >= 11 is 0. The first-order valence-corrected chi connectivity index (χ1v) is 4.98. The van der Waals surface area contributed by atoms with Crippen molar-refractivity contribution in [3.63, 3.8) is 0 Å². The van der Waals surface area contributed by atoms with Crippen LogP contribution in [0, 0.1) is 11.8 Å². The summed E-state index contributed by atoms with van der Waals surface area (Å²) in [7, 11) is 2.07. The molecular weight excluding hydrogens is 162 g/mol. The summed E-state index contributed by atoms with van der Waals surface area (Å²) in [5, 5.41) is 0. The smallest absolute Gasteiger partial charge is 0.175 e. The lowest BCUT2D eigenvalue weighted by molar-refractivity contribution is -0.121. The number of ketones is 1. The van der Waals surface area contributed by atoms with Gasteiger partial charge in [0.1, 0.15) is 0 Å². The topological polar surface area (TPSA) is 20.3 Å². The summed E-state index contributed by atoms with van der Waals surface area (Å²) in [4.78, 5) is 14.1. The first-order valence-electron chi connectivity index (χ1n) is 4.98. The molecule has 4 atom stereocenters. The third-order valence-electron chi connectivity index (χ3n) is 3.85. The van der Waals surface area contributed by atoms with Crippen LogP contribution in [0.3, 0.4) is 0 Å². The fourth-order valence-electron chi connectivity index (χ4n) is 2.79. The number of carbonyl (C=O) groups excluding carboxylic acids is 1. The Balaban J connectivity index is 2.44. The molecule has 0 aromatic rings. The molecule has 2 heterocycles. The van der Waals surface area contributed by atoms with Gasteiger partial charge in [-0.3, -0.25) is 9.69 Å².